The minimum Gasteiger partial charge on any atom is -0.497 e. The number of hydrogen-bond donors (Lipinski definition) is 1. The van der Waals surface area contributed by atoms with Crippen LogP contribution in [0.2, 0.25) is 0 Å². The number of amides is 1. The Morgan fingerprint density at radius 3 is 2.50 bits per heavy atom. The largest absolute Gasteiger partial charge is 0.497 e. The molecule has 34 heavy (non-hydrogen) atoms. The number of hydrogen-bond acceptors (Lipinski definition) is 5. The van der Waals surface area contributed by atoms with Gasteiger partial charge >= 0.3 is 0 Å². The maximum absolute atomic E-state index is 13.0. The van der Waals surface area contributed by atoms with Gasteiger partial charge in [-0.15, -0.1) is 0 Å². The predicted molar refractivity (Wildman–Crippen MR) is 133 cm³/mol. The predicted octanol–water partition coefficient (Wildman–Crippen LogP) is 4.04. The fourth-order valence-electron chi connectivity index (χ4n) is 3.93. The molecule has 176 valence electrons. The molecule has 0 aliphatic carbocycles. The molecule has 1 N–H and O–H groups in total. The van der Waals surface area contributed by atoms with Crippen LogP contribution in [0.4, 0.5) is 0 Å². The number of ether oxygens (including phenoxy) is 2. The average molecular weight is 459 g/mol. The van der Waals surface area contributed by atoms with Crippen LogP contribution in [0.3, 0.4) is 0 Å². The number of likely N-dealkylation sites (N-methyl/N-ethyl adjacent to an activating group) is 1. The second-order valence-corrected chi connectivity index (χ2v) is 8.26. The van der Waals surface area contributed by atoms with Crippen molar-refractivity contribution in [3.05, 3.63) is 90.3 Å². The molecule has 0 fully saturated rings. The molecule has 0 bridgehead atoms. The lowest BCUT2D eigenvalue weighted by molar-refractivity contribution is -0.121. The van der Waals surface area contributed by atoms with Crippen LogP contribution in [0.1, 0.15) is 17.4 Å². The Hall–Kier alpha value is -3.84. The molecule has 0 radical (unpaired) electrons. The first-order valence-corrected chi connectivity index (χ1v) is 11.2. The van der Waals surface area contributed by atoms with Gasteiger partial charge in [-0.2, -0.15) is 0 Å². The normalized spacial score (nSPS) is 12.0. The van der Waals surface area contributed by atoms with Gasteiger partial charge in [-0.3, -0.25) is 4.79 Å². The van der Waals surface area contributed by atoms with E-state index in [1.165, 1.54) is 0 Å². The molecule has 0 aliphatic heterocycles. The van der Waals surface area contributed by atoms with E-state index in [-0.39, 0.29) is 25.1 Å². The van der Waals surface area contributed by atoms with E-state index in [0.29, 0.717) is 12.4 Å². The van der Waals surface area contributed by atoms with Crippen molar-refractivity contribution < 1.29 is 14.3 Å². The van der Waals surface area contributed by atoms with E-state index < -0.39 is 0 Å². The van der Waals surface area contributed by atoms with E-state index in [9.17, 15) is 4.79 Å². The van der Waals surface area contributed by atoms with Gasteiger partial charge in [-0.05, 0) is 56.1 Å². The van der Waals surface area contributed by atoms with Gasteiger partial charge in [-0.1, -0.05) is 42.5 Å². The summed E-state index contributed by atoms with van der Waals surface area (Å²) in [7, 11) is 5.65. The number of aromatic nitrogens is 2. The number of imidazole rings is 1. The molecule has 0 spiro atoms. The molecule has 0 saturated carbocycles. The van der Waals surface area contributed by atoms with Crippen LogP contribution in [-0.4, -0.2) is 48.1 Å². The third-order valence-corrected chi connectivity index (χ3v) is 5.74. The van der Waals surface area contributed by atoms with Gasteiger partial charge in [0.15, 0.2) is 0 Å². The number of para-hydroxylation sites is 3. The molecule has 7 heteroatoms. The van der Waals surface area contributed by atoms with Gasteiger partial charge in [-0.25, -0.2) is 4.98 Å². The van der Waals surface area contributed by atoms with Gasteiger partial charge in [0.25, 0.3) is 0 Å². The Morgan fingerprint density at radius 1 is 1.00 bits per heavy atom. The first-order chi connectivity index (χ1) is 16.5. The van der Waals surface area contributed by atoms with Crippen molar-refractivity contribution in [1.82, 2.24) is 19.8 Å². The Labute approximate surface area is 199 Å². The van der Waals surface area contributed by atoms with E-state index in [4.69, 9.17) is 14.5 Å². The molecule has 0 saturated heterocycles. The van der Waals surface area contributed by atoms with Crippen molar-refractivity contribution in [3.63, 3.8) is 0 Å². The van der Waals surface area contributed by atoms with Crippen LogP contribution in [0, 0.1) is 0 Å². The van der Waals surface area contributed by atoms with Crippen LogP contribution in [0.5, 0.6) is 11.5 Å². The van der Waals surface area contributed by atoms with E-state index in [1.54, 1.807) is 7.11 Å². The number of benzene rings is 3. The second-order valence-electron chi connectivity index (χ2n) is 8.26. The van der Waals surface area contributed by atoms with Crippen molar-refractivity contribution in [1.29, 1.82) is 0 Å². The standard InChI is InChI=1S/C27H30N4O3/c1-30(2)25(20-10-9-13-22(16-20)33-3)17-28-27(32)18-31-24-15-8-7-14-23(24)29-26(31)19-34-21-11-5-4-6-12-21/h4-16,25H,17-19H2,1-3H3,(H,28,32)/t25-/m0/s1. The van der Waals surface area contributed by atoms with Crippen LogP contribution >= 0.6 is 0 Å². The van der Waals surface area contributed by atoms with Gasteiger partial charge in [0.05, 0.1) is 24.2 Å². The fourth-order valence-corrected chi connectivity index (χ4v) is 3.93. The highest BCUT2D eigenvalue weighted by atomic mass is 16.5. The van der Waals surface area contributed by atoms with Gasteiger partial charge in [0.2, 0.25) is 5.91 Å². The highest BCUT2D eigenvalue weighted by molar-refractivity contribution is 5.81. The smallest absolute Gasteiger partial charge is 0.240 e. The lowest BCUT2D eigenvalue weighted by Crippen LogP contribution is -2.36. The molecule has 4 rings (SSSR count). The van der Waals surface area contributed by atoms with Crippen molar-refractivity contribution >= 4 is 16.9 Å². The SMILES string of the molecule is COc1cccc([C@H](CNC(=O)Cn2c(COc3ccccc3)nc3ccccc32)N(C)C)c1. The fraction of sp³-hybridized carbons (Fsp3) is 0.259. The Balaban J connectivity index is 1.48. The average Bonchev–Trinajstić information content (AvgIpc) is 3.20. The third-order valence-electron chi connectivity index (χ3n) is 5.74. The van der Waals surface area contributed by atoms with Gasteiger partial charge in [0, 0.05) is 6.54 Å². The highest BCUT2D eigenvalue weighted by Crippen LogP contribution is 2.22. The quantitative estimate of drug-likeness (QED) is 0.388. The first kappa shape index (κ1) is 23.3. The van der Waals surface area contributed by atoms with Crippen LogP contribution in [0.15, 0.2) is 78.9 Å². The van der Waals surface area contributed by atoms with E-state index in [2.05, 4.69) is 10.2 Å². The Morgan fingerprint density at radius 2 is 1.74 bits per heavy atom. The number of fused-ring (bicyclic) bond motifs is 1. The molecule has 1 aromatic heterocycles. The minimum atomic E-state index is -0.0844. The van der Waals surface area contributed by atoms with Crippen molar-refractivity contribution in [2.45, 2.75) is 19.2 Å². The lowest BCUT2D eigenvalue weighted by atomic mass is 10.1. The lowest BCUT2D eigenvalue weighted by Gasteiger charge is -2.25. The molecule has 0 unspecified atom stereocenters. The summed E-state index contributed by atoms with van der Waals surface area (Å²) in [5.74, 6) is 2.18. The molecule has 1 amide bonds. The highest BCUT2D eigenvalue weighted by Gasteiger charge is 2.18. The van der Waals surface area contributed by atoms with E-state index in [1.807, 2.05) is 97.5 Å². The van der Waals surface area contributed by atoms with Crippen LogP contribution in [-0.2, 0) is 17.9 Å². The summed E-state index contributed by atoms with van der Waals surface area (Å²) in [6.07, 6.45) is 0. The minimum absolute atomic E-state index is 0.0134. The van der Waals surface area contributed by atoms with Crippen molar-refractivity contribution in [2.75, 3.05) is 27.7 Å². The van der Waals surface area contributed by atoms with Crippen molar-refractivity contribution in [2.24, 2.45) is 0 Å². The zero-order valence-electron chi connectivity index (χ0n) is 19.8. The summed E-state index contributed by atoms with van der Waals surface area (Å²) in [5, 5.41) is 3.09. The molecule has 1 atom stereocenters. The number of carbonyl (C=O) groups is 1. The number of nitrogens with zero attached hydrogens (tertiary/aromatic N) is 3. The maximum atomic E-state index is 13.0. The monoisotopic (exact) mass is 458 g/mol. The van der Waals surface area contributed by atoms with Crippen molar-refractivity contribution in [3.8, 4) is 11.5 Å². The number of nitrogens with one attached hydrogen (secondary N) is 1. The Kier molecular flexibility index (Phi) is 7.44. The third kappa shape index (κ3) is 5.55. The van der Waals surface area contributed by atoms with Crippen LogP contribution in [0.25, 0.3) is 11.0 Å². The molecule has 1 heterocycles. The summed E-state index contributed by atoms with van der Waals surface area (Å²) in [4.78, 5) is 19.8. The number of rotatable bonds is 10. The topological polar surface area (TPSA) is 68.6 Å². The second kappa shape index (κ2) is 10.9. The number of methoxy groups -OCH3 is 1. The van der Waals surface area contributed by atoms with Gasteiger partial charge < -0.3 is 24.3 Å². The molecular formula is C27H30N4O3. The zero-order chi connectivity index (χ0) is 23.9. The number of carbonyl (C=O) groups excluding carboxylic acids is 1. The molecular weight excluding hydrogens is 428 g/mol. The summed E-state index contributed by atoms with van der Waals surface area (Å²) < 4.78 is 13.2. The summed E-state index contributed by atoms with van der Waals surface area (Å²) in [6, 6.07) is 25.3. The summed E-state index contributed by atoms with van der Waals surface area (Å²) >= 11 is 0. The van der Waals surface area contributed by atoms with Gasteiger partial charge in [0.1, 0.15) is 30.5 Å². The zero-order valence-corrected chi connectivity index (χ0v) is 19.8. The van der Waals surface area contributed by atoms with E-state index >= 15 is 0 Å². The van der Waals surface area contributed by atoms with E-state index in [0.717, 1.165) is 28.1 Å². The molecule has 3 aromatic carbocycles. The summed E-state index contributed by atoms with van der Waals surface area (Å²) in [6.45, 7) is 0.907. The Bertz CT molecular complexity index is 1240. The summed E-state index contributed by atoms with van der Waals surface area (Å²) in [5.41, 5.74) is 2.82. The maximum Gasteiger partial charge on any atom is 0.240 e. The van der Waals surface area contributed by atoms with Crippen LogP contribution < -0.4 is 14.8 Å². The molecule has 7 nitrogen and oxygen atoms in total. The molecule has 4 aromatic rings. The molecule has 0 aliphatic rings. The first-order valence-electron chi connectivity index (χ1n) is 11.2.